The molecule has 2 nitrogen and oxygen atoms in total. The van der Waals surface area contributed by atoms with E-state index in [1.807, 2.05) is 6.07 Å². The maximum Gasteiger partial charge on any atom is 0.0693 e. The number of nitrogens with one attached hydrogen (secondary N) is 1. The molecule has 3 atom stereocenters. The lowest BCUT2D eigenvalue weighted by Crippen LogP contribution is -2.67. The predicted molar refractivity (Wildman–Crippen MR) is 87.8 cm³/mol. The standard InChI is InChI=1S/C15H19ClINO/c1-15(2)13(10-4-3-7-19-14(10)15)18-12-6-5-9(17)8-11(12)16/h5-6,8,10,13-14,18H,3-4,7H2,1-2H3. The van der Waals surface area contributed by atoms with Gasteiger partial charge in [-0.05, 0) is 53.6 Å². The lowest BCUT2D eigenvalue weighted by atomic mass is 9.55. The third kappa shape index (κ3) is 2.38. The topological polar surface area (TPSA) is 21.3 Å². The molecule has 1 saturated heterocycles. The summed E-state index contributed by atoms with van der Waals surface area (Å²) in [7, 11) is 0. The fourth-order valence-electron chi connectivity index (χ4n) is 3.59. The first-order valence-electron chi connectivity index (χ1n) is 6.83. The Morgan fingerprint density at radius 2 is 2.21 bits per heavy atom. The zero-order chi connectivity index (χ0) is 13.6. The van der Waals surface area contributed by atoms with E-state index in [1.165, 1.54) is 16.4 Å². The quantitative estimate of drug-likeness (QED) is 0.746. The minimum Gasteiger partial charge on any atom is -0.380 e. The van der Waals surface area contributed by atoms with Gasteiger partial charge in [0.15, 0.2) is 0 Å². The highest BCUT2D eigenvalue weighted by molar-refractivity contribution is 14.1. The van der Waals surface area contributed by atoms with Crippen LogP contribution in [0.3, 0.4) is 0 Å². The van der Waals surface area contributed by atoms with E-state index in [9.17, 15) is 0 Å². The molecule has 19 heavy (non-hydrogen) atoms. The van der Waals surface area contributed by atoms with Crippen LogP contribution in [0.5, 0.6) is 0 Å². The van der Waals surface area contributed by atoms with Gasteiger partial charge in [-0.1, -0.05) is 25.4 Å². The van der Waals surface area contributed by atoms with Crippen molar-refractivity contribution >= 4 is 39.9 Å². The molecule has 0 bridgehead atoms. The minimum atomic E-state index is 0.178. The van der Waals surface area contributed by atoms with E-state index in [0.29, 0.717) is 18.1 Å². The number of hydrogen-bond acceptors (Lipinski definition) is 2. The van der Waals surface area contributed by atoms with E-state index in [1.54, 1.807) is 0 Å². The summed E-state index contributed by atoms with van der Waals surface area (Å²) in [5, 5.41) is 4.46. The fourth-order valence-corrected chi connectivity index (χ4v) is 4.50. The molecule has 0 aromatic heterocycles. The van der Waals surface area contributed by atoms with Crippen LogP contribution >= 0.6 is 34.2 Å². The zero-order valence-electron chi connectivity index (χ0n) is 11.2. The highest BCUT2D eigenvalue weighted by Gasteiger charge is 2.57. The number of ether oxygens (including phenoxy) is 1. The lowest BCUT2D eigenvalue weighted by Gasteiger charge is -2.60. The molecule has 1 N–H and O–H groups in total. The van der Waals surface area contributed by atoms with E-state index < -0.39 is 0 Å². The van der Waals surface area contributed by atoms with Crippen LogP contribution in [0, 0.1) is 14.9 Å². The predicted octanol–water partition coefficient (Wildman–Crippen LogP) is 4.56. The number of benzene rings is 1. The summed E-state index contributed by atoms with van der Waals surface area (Å²) < 4.78 is 7.10. The summed E-state index contributed by atoms with van der Waals surface area (Å²) in [6.45, 7) is 5.50. The molecule has 1 aliphatic heterocycles. The monoisotopic (exact) mass is 391 g/mol. The largest absolute Gasteiger partial charge is 0.380 e. The highest BCUT2D eigenvalue weighted by Crippen LogP contribution is 2.52. The van der Waals surface area contributed by atoms with Gasteiger partial charge in [-0.3, -0.25) is 0 Å². The molecular weight excluding hydrogens is 373 g/mol. The first-order chi connectivity index (χ1) is 9.00. The van der Waals surface area contributed by atoms with Crippen molar-refractivity contribution < 1.29 is 4.74 Å². The van der Waals surface area contributed by atoms with Crippen LogP contribution in [-0.4, -0.2) is 18.8 Å². The average molecular weight is 392 g/mol. The third-order valence-corrected chi connectivity index (χ3v) is 5.56. The van der Waals surface area contributed by atoms with Crippen molar-refractivity contribution in [2.45, 2.75) is 38.8 Å². The molecular formula is C15H19ClINO. The van der Waals surface area contributed by atoms with Crippen LogP contribution in [0.2, 0.25) is 5.02 Å². The van der Waals surface area contributed by atoms with Crippen molar-refractivity contribution in [3.05, 3.63) is 26.8 Å². The van der Waals surface area contributed by atoms with Crippen LogP contribution in [0.15, 0.2) is 18.2 Å². The maximum atomic E-state index is 6.32. The normalized spacial score (nSPS) is 32.3. The first-order valence-corrected chi connectivity index (χ1v) is 8.29. The smallest absolute Gasteiger partial charge is 0.0693 e. The van der Waals surface area contributed by atoms with Crippen LogP contribution < -0.4 is 5.32 Å². The molecule has 0 amide bonds. The molecule has 104 valence electrons. The van der Waals surface area contributed by atoms with Crippen molar-refractivity contribution in [3.8, 4) is 0 Å². The van der Waals surface area contributed by atoms with Crippen molar-refractivity contribution in [2.75, 3.05) is 11.9 Å². The molecule has 2 aliphatic rings. The molecule has 1 saturated carbocycles. The van der Waals surface area contributed by atoms with Gasteiger partial charge in [0.05, 0.1) is 16.8 Å². The van der Waals surface area contributed by atoms with E-state index in [2.05, 4.69) is 53.9 Å². The van der Waals surface area contributed by atoms with E-state index >= 15 is 0 Å². The Bertz CT molecular complexity index is 491. The Morgan fingerprint density at radius 1 is 1.42 bits per heavy atom. The summed E-state index contributed by atoms with van der Waals surface area (Å²) in [4.78, 5) is 0. The summed E-state index contributed by atoms with van der Waals surface area (Å²) in [5.41, 5.74) is 1.22. The Hall–Kier alpha value is -0.000000000000000132. The van der Waals surface area contributed by atoms with E-state index in [-0.39, 0.29) is 5.41 Å². The molecule has 2 fully saturated rings. The van der Waals surface area contributed by atoms with E-state index in [0.717, 1.165) is 17.3 Å². The second-order valence-corrected chi connectivity index (χ2v) is 7.82. The zero-order valence-corrected chi connectivity index (χ0v) is 14.2. The first kappa shape index (κ1) is 14.0. The van der Waals surface area contributed by atoms with Gasteiger partial charge in [-0.2, -0.15) is 0 Å². The van der Waals surface area contributed by atoms with Gasteiger partial charge in [0.25, 0.3) is 0 Å². The lowest BCUT2D eigenvalue weighted by molar-refractivity contribution is -0.177. The number of halogens is 2. The van der Waals surface area contributed by atoms with Crippen molar-refractivity contribution in [1.29, 1.82) is 0 Å². The molecule has 1 aromatic rings. The van der Waals surface area contributed by atoms with Gasteiger partial charge < -0.3 is 10.1 Å². The van der Waals surface area contributed by atoms with Crippen molar-refractivity contribution in [3.63, 3.8) is 0 Å². The molecule has 3 unspecified atom stereocenters. The second-order valence-electron chi connectivity index (χ2n) is 6.17. The molecule has 4 heteroatoms. The molecule has 0 radical (unpaired) electrons. The molecule has 3 rings (SSSR count). The van der Waals surface area contributed by atoms with E-state index in [4.69, 9.17) is 16.3 Å². The third-order valence-electron chi connectivity index (χ3n) is 4.57. The Kier molecular flexibility index (Phi) is 3.73. The SMILES string of the molecule is CC1(C)C(Nc2ccc(I)cc2Cl)C2CCCOC21. The minimum absolute atomic E-state index is 0.178. The number of anilines is 1. The summed E-state index contributed by atoms with van der Waals surface area (Å²) in [6, 6.07) is 6.63. The summed E-state index contributed by atoms with van der Waals surface area (Å²) in [6.07, 6.45) is 2.84. The van der Waals surface area contributed by atoms with Crippen molar-refractivity contribution in [2.24, 2.45) is 11.3 Å². The Labute approximate surface area is 133 Å². The van der Waals surface area contributed by atoms with Gasteiger partial charge in [0.2, 0.25) is 0 Å². The van der Waals surface area contributed by atoms with Crippen LogP contribution in [-0.2, 0) is 4.74 Å². The molecule has 0 spiro atoms. The average Bonchev–Trinajstić information content (AvgIpc) is 2.37. The van der Waals surface area contributed by atoms with Crippen LogP contribution in [0.25, 0.3) is 0 Å². The number of rotatable bonds is 2. The summed E-state index contributed by atoms with van der Waals surface area (Å²) >= 11 is 8.61. The Balaban J connectivity index is 1.79. The van der Waals surface area contributed by atoms with Gasteiger partial charge >= 0.3 is 0 Å². The van der Waals surface area contributed by atoms with Gasteiger partial charge in [-0.15, -0.1) is 0 Å². The van der Waals surface area contributed by atoms with Gasteiger partial charge in [-0.25, -0.2) is 0 Å². The van der Waals surface area contributed by atoms with Crippen LogP contribution in [0.4, 0.5) is 5.69 Å². The van der Waals surface area contributed by atoms with Gasteiger partial charge in [0, 0.05) is 27.6 Å². The summed E-state index contributed by atoms with van der Waals surface area (Å²) in [5.74, 6) is 0.624. The molecule has 1 aromatic carbocycles. The maximum absolute atomic E-state index is 6.32. The Morgan fingerprint density at radius 3 is 2.95 bits per heavy atom. The van der Waals surface area contributed by atoms with Crippen molar-refractivity contribution in [1.82, 2.24) is 0 Å². The highest BCUT2D eigenvalue weighted by atomic mass is 127. The number of hydrogen-bond donors (Lipinski definition) is 1. The number of fused-ring (bicyclic) bond motifs is 1. The molecule has 1 heterocycles. The molecule has 1 aliphatic carbocycles. The fraction of sp³-hybridized carbons (Fsp3) is 0.600. The second kappa shape index (κ2) is 5.08. The van der Waals surface area contributed by atoms with Gasteiger partial charge in [0.1, 0.15) is 0 Å². The van der Waals surface area contributed by atoms with Crippen LogP contribution in [0.1, 0.15) is 26.7 Å².